The molecular weight excluding hydrogens is 370 g/mol. The first kappa shape index (κ1) is 17.9. The van der Waals surface area contributed by atoms with Crippen LogP contribution in [0, 0.1) is 0 Å². The van der Waals surface area contributed by atoms with Crippen molar-refractivity contribution < 1.29 is 9.59 Å². The third-order valence-electron chi connectivity index (χ3n) is 6.50. The molecule has 2 amide bonds. The summed E-state index contributed by atoms with van der Waals surface area (Å²) in [4.78, 5) is 32.2. The van der Waals surface area contributed by atoms with Crippen molar-refractivity contribution in [3.05, 3.63) is 46.7 Å². The molecule has 0 bridgehead atoms. The Morgan fingerprint density at radius 2 is 1.96 bits per heavy atom. The normalized spacial score (nSPS) is 23.8. The van der Waals surface area contributed by atoms with Gasteiger partial charge in [-0.15, -0.1) is 11.3 Å². The Morgan fingerprint density at radius 3 is 2.75 bits per heavy atom. The van der Waals surface area contributed by atoms with E-state index in [2.05, 4.69) is 27.7 Å². The van der Waals surface area contributed by atoms with E-state index >= 15 is 0 Å². The number of nitrogens with one attached hydrogen (secondary N) is 1. The summed E-state index contributed by atoms with van der Waals surface area (Å²) in [5, 5.41) is 5.16. The highest BCUT2D eigenvalue weighted by molar-refractivity contribution is 7.10. The topological polar surface area (TPSA) is 52.7 Å². The van der Waals surface area contributed by atoms with Crippen LogP contribution in [0.1, 0.15) is 49.4 Å². The van der Waals surface area contributed by atoms with Crippen LogP contribution < -0.4 is 10.2 Å². The highest BCUT2D eigenvalue weighted by Gasteiger charge is 2.52. The van der Waals surface area contributed by atoms with E-state index in [0.29, 0.717) is 12.6 Å². The minimum Gasteiger partial charge on any atom is -0.322 e. The standard InChI is InChI=1S/C22H25N3O2S/c26-20(15-24-13-5-9-18(24)19-10-6-14-28-19)25-17-8-2-1-7-16(17)23-21(27)22(25)11-3-4-12-22/h1-2,6-8,10,14,18H,3-5,9,11-13,15H2,(H,23,27). The number of anilines is 2. The number of para-hydroxylation sites is 2. The summed E-state index contributed by atoms with van der Waals surface area (Å²) >= 11 is 1.76. The molecular formula is C22H25N3O2S. The van der Waals surface area contributed by atoms with Gasteiger partial charge in [-0.05, 0) is 55.8 Å². The van der Waals surface area contributed by atoms with Crippen LogP contribution in [0.15, 0.2) is 41.8 Å². The number of thiophene rings is 1. The minimum atomic E-state index is -0.719. The molecule has 1 unspecified atom stereocenters. The van der Waals surface area contributed by atoms with Crippen LogP contribution in [0.3, 0.4) is 0 Å². The lowest BCUT2D eigenvalue weighted by Gasteiger charge is -2.45. The maximum atomic E-state index is 13.6. The quantitative estimate of drug-likeness (QED) is 0.848. The molecule has 2 fully saturated rings. The van der Waals surface area contributed by atoms with Crippen LogP contribution in [0.25, 0.3) is 0 Å². The van der Waals surface area contributed by atoms with Gasteiger partial charge in [0.15, 0.2) is 0 Å². The number of hydrogen-bond acceptors (Lipinski definition) is 4. The fourth-order valence-electron chi connectivity index (χ4n) is 5.19. The summed E-state index contributed by atoms with van der Waals surface area (Å²) in [5.74, 6) is 0.0286. The molecule has 1 aromatic heterocycles. The molecule has 6 heteroatoms. The predicted octanol–water partition coefficient (Wildman–Crippen LogP) is 4.18. The van der Waals surface area contributed by atoms with Gasteiger partial charge in [-0.3, -0.25) is 19.4 Å². The predicted molar refractivity (Wildman–Crippen MR) is 112 cm³/mol. The fourth-order valence-corrected chi connectivity index (χ4v) is 6.09. The zero-order valence-corrected chi connectivity index (χ0v) is 16.7. The highest BCUT2D eigenvalue weighted by Crippen LogP contribution is 2.45. The summed E-state index contributed by atoms with van der Waals surface area (Å²) in [6, 6.07) is 12.3. The number of benzene rings is 1. The zero-order valence-electron chi connectivity index (χ0n) is 15.9. The van der Waals surface area contributed by atoms with Gasteiger partial charge in [0.1, 0.15) is 5.54 Å². The number of rotatable bonds is 3. The summed E-state index contributed by atoms with van der Waals surface area (Å²) in [7, 11) is 0. The maximum absolute atomic E-state index is 13.6. The Labute approximate surface area is 169 Å². The Hall–Kier alpha value is -2.18. The van der Waals surface area contributed by atoms with E-state index in [4.69, 9.17) is 0 Å². The molecule has 1 aromatic carbocycles. The number of amides is 2. The molecule has 0 radical (unpaired) electrons. The summed E-state index contributed by atoms with van der Waals surface area (Å²) < 4.78 is 0. The Balaban J connectivity index is 1.47. The molecule has 1 atom stereocenters. The van der Waals surface area contributed by atoms with E-state index < -0.39 is 5.54 Å². The van der Waals surface area contributed by atoms with E-state index in [0.717, 1.165) is 56.4 Å². The first-order valence-electron chi connectivity index (χ1n) is 10.2. The van der Waals surface area contributed by atoms with Crippen LogP contribution in [-0.2, 0) is 9.59 Å². The van der Waals surface area contributed by atoms with Gasteiger partial charge in [0, 0.05) is 10.9 Å². The van der Waals surface area contributed by atoms with Crippen molar-refractivity contribution in [2.45, 2.75) is 50.1 Å². The molecule has 2 aromatic rings. The number of carbonyl (C=O) groups excluding carboxylic acids is 2. The average molecular weight is 396 g/mol. The van der Waals surface area contributed by atoms with Gasteiger partial charge >= 0.3 is 0 Å². The Bertz CT molecular complexity index is 889. The van der Waals surface area contributed by atoms with Gasteiger partial charge in [0.25, 0.3) is 5.91 Å². The Morgan fingerprint density at radius 1 is 1.14 bits per heavy atom. The van der Waals surface area contributed by atoms with Crippen molar-refractivity contribution in [2.24, 2.45) is 0 Å². The summed E-state index contributed by atoms with van der Waals surface area (Å²) in [5.41, 5.74) is 0.874. The first-order chi connectivity index (χ1) is 13.7. The summed E-state index contributed by atoms with van der Waals surface area (Å²) in [6.07, 6.45) is 5.66. The second-order valence-electron chi connectivity index (χ2n) is 8.08. The minimum absolute atomic E-state index is 0.0201. The van der Waals surface area contributed by atoms with Crippen molar-refractivity contribution in [1.29, 1.82) is 0 Å². The molecule has 1 spiro atoms. The molecule has 3 heterocycles. The number of fused-ring (bicyclic) bond motifs is 1. The third kappa shape index (κ3) is 2.78. The number of likely N-dealkylation sites (tertiary alicyclic amines) is 1. The zero-order chi connectivity index (χ0) is 19.1. The van der Waals surface area contributed by atoms with E-state index in [1.807, 2.05) is 29.2 Å². The van der Waals surface area contributed by atoms with Crippen LogP contribution in [-0.4, -0.2) is 35.3 Å². The SMILES string of the molecule is O=C(CN1CCCC1c1cccs1)N1c2ccccc2NC(=O)C12CCCC2. The molecule has 5 rings (SSSR count). The van der Waals surface area contributed by atoms with Gasteiger partial charge in [0.05, 0.1) is 17.9 Å². The van der Waals surface area contributed by atoms with Crippen LogP contribution >= 0.6 is 11.3 Å². The monoisotopic (exact) mass is 395 g/mol. The third-order valence-corrected chi connectivity index (χ3v) is 7.47. The van der Waals surface area contributed by atoms with Crippen molar-refractivity contribution in [3.63, 3.8) is 0 Å². The van der Waals surface area contributed by atoms with Crippen molar-refractivity contribution in [3.8, 4) is 0 Å². The van der Waals surface area contributed by atoms with Crippen molar-refractivity contribution in [2.75, 3.05) is 23.3 Å². The second-order valence-corrected chi connectivity index (χ2v) is 9.06. The van der Waals surface area contributed by atoms with E-state index in [9.17, 15) is 9.59 Å². The van der Waals surface area contributed by atoms with Gasteiger partial charge in [-0.2, -0.15) is 0 Å². The van der Waals surface area contributed by atoms with E-state index in [1.54, 1.807) is 11.3 Å². The van der Waals surface area contributed by atoms with E-state index in [1.165, 1.54) is 4.88 Å². The lowest BCUT2D eigenvalue weighted by molar-refractivity contribution is -0.128. The van der Waals surface area contributed by atoms with Crippen LogP contribution in [0.2, 0.25) is 0 Å². The molecule has 1 saturated heterocycles. The highest BCUT2D eigenvalue weighted by atomic mass is 32.1. The molecule has 1 aliphatic carbocycles. The second kappa shape index (κ2) is 7.01. The molecule has 5 nitrogen and oxygen atoms in total. The van der Waals surface area contributed by atoms with Crippen molar-refractivity contribution in [1.82, 2.24) is 4.90 Å². The van der Waals surface area contributed by atoms with Crippen LogP contribution in [0.5, 0.6) is 0 Å². The fraction of sp³-hybridized carbons (Fsp3) is 0.455. The van der Waals surface area contributed by atoms with Gasteiger partial charge in [-0.25, -0.2) is 0 Å². The number of nitrogens with zero attached hydrogens (tertiary/aromatic N) is 2. The molecule has 28 heavy (non-hydrogen) atoms. The lowest BCUT2D eigenvalue weighted by Crippen LogP contribution is -2.62. The van der Waals surface area contributed by atoms with E-state index in [-0.39, 0.29) is 11.8 Å². The van der Waals surface area contributed by atoms with Crippen LogP contribution in [0.4, 0.5) is 11.4 Å². The maximum Gasteiger partial charge on any atom is 0.250 e. The summed E-state index contributed by atoms with van der Waals surface area (Å²) in [6.45, 7) is 1.30. The number of hydrogen-bond donors (Lipinski definition) is 1. The van der Waals surface area contributed by atoms with Gasteiger partial charge in [0.2, 0.25) is 5.91 Å². The average Bonchev–Trinajstić information content (AvgIpc) is 3.44. The molecule has 2 aliphatic heterocycles. The number of carbonyl (C=O) groups is 2. The molecule has 146 valence electrons. The Kier molecular flexibility index (Phi) is 4.48. The largest absolute Gasteiger partial charge is 0.322 e. The first-order valence-corrected chi connectivity index (χ1v) is 11.1. The molecule has 3 aliphatic rings. The van der Waals surface area contributed by atoms with Crippen molar-refractivity contribution >= 4 is 34.5 Å². The van der Waals surface area contributed by atoms with Gasteiger partial charge < -0.3 is 5.32 Å². The smallest absolute Gasteiger partial charge is 0.250 e. The lowest BCUT2D eigenvalue weighted by atomic mass is 9.89. The molecule has 1 saturated carbocycles. The molecule has 1 N–H and O–H groups in total. The van der Waals surface area contributed by atoms with Gasteiger partial charge in [-0.1, -0.05) is 31.0 Å².